The molecule has 4 nitrogen and oxygen atoms in total. The van der Waals surface area contributed by atoms with Crippen LogP contribution < -0.4 is 4.74 Å². The lowest BCUT2D eigenvalue weighted by molar-refractivity contribution is -0.0987. The molecule has 1 aromatic rings. The smallest absolute Gasteiger partial charge is 0.125 e. The summed E-state index contributed by atoms with van der Waals surface area (Å²) in [7, 11) is 0. The fraction of sp³-hybridized carbons (Fsp3) is 0.714. The van der Waals surface area contributed by atoms with Gasteiger partial charge in [0.25, 0.3) is 0 Å². The average Bonchev–Trinajstić information content (AvgIpc) is 2.67. The topological polar surface area (TPSA) is 35.9 Å². The number of benzene rings is 1. The van der Waals surface area contributed by atoms with Crippen molar-refractivity contribution in [1.82, 2.24) is 9.80 Å². The second-order valence-corrected chi connectivity index (χ2v) is 9.17. The summed E-state index contributed by atoms with van der Waals surface area (Å²) in [6.07, 6.45) is 7.11. The van der Waals surface area contributed by atoms with Gasteiger partial charge >= 0.3 is 0 Å². The Morgan fingerprint density at radius 3 is 2.42 bits per heavy atom. The number of halogens is 1. The summed E-state index contributed by atoms with van der Waals surface area (Å²) < 4.78 is 7.34. The summed E-state index contributed by atoms with van der Waals surface area (Å²) in [4.78, 5) is 5.09. The Hall–Kier alpha value is -0.620. The number of aliphatic hydroxyl groups is 1. The third-order valence-corrected chi connectivity index (χ3v) is 7.36. The van der Waals surface area contributed by atoms with E-state index in [1.54, 1.807) is 0 Å². The lowest BCUT2D eigenvalue weighted by Gasteiger charge is -2.52. The van der Waals surface area contributed by atoms with Gasteiger partial charge in [-0.2, -0.15) is 0 Å². The first kappa shape index (κ1) is 18.7. The quantitative estimate of drug-likeness (QED) is 0.800. The van der Waals surface area contributed by atoms with Crippen LogP contribution in [0.1, 0.15) is 55.8 Å². The van der Waals surface area contributed by atoms with Gasteiger partial charge in [0.15, 0.2) is 0 Å². The molecular weight excluding hydrogens is 392 g/mol. The van der Waals surface area contributed by atoms with Crippen molar-refractivity contribution in [3.63, 3.8) is 0 Å². The molecule has 2 atom stereocenters. The number of likely N-dealkylation sites (tertiary alicyclic amines) is 2. The van der Waals surface area contributed by atoms with Crippen LogP contribution in [0, 0.1) is 6.92 Å². The number of rotatable bonds is 3. The minimum absolute atomic E-state index is 0.334. The van der Waals surface area contributed by atoms with Crippen molar-refractivity contribution >= 4 is 15.9 Å². The van der Waals surface area contributed by atoms with E-state index < -0.39 is 6.10 Å². The summed E-state index contributed by atoms with van der Waals surface area (Å²) in [6.45, 7) is 7.98. The van der Waals surface area contributed by atoms with Gasteiger partial charge in [0.05, 0.1) is 5.54 Å². The zero-order valence-corrected chi connectivity index (χ0v) is 17.4. The molecule has 0 bridgehead atoms. The molecule has 1 aromatic carbocycles. The molecule has 0 aromatic heterocycles. The van der Waals surface area contributed by atoms with Gasteiger partial charge in [0.2, 0.25) is 0 Å². The van der Waals surface area contributed by atoms with E-state index in [0.29, 0.717) is 6.61 Å². The third kappa shape index (κ3) is 3.44. The van der Waals surface area contributed by atoms with Gasteiger partial charge in [-0.05, 0) is 76.5 Å². The molecule has 0 aliphatic carbocycles. The summed E-state index contributed by atoms with van der Waals surface area (Å²) in [5.41, 5.74) is 1.76. The number of nitrogens with zero attached hydrogens (tertiary/aromatic N) is 2. The van der Waals surface area contributed by atoms with Gasteiger partial charge in [0, 0.05) is 16.6 Å². The SMILES string of the molecule is Cc1cc2c(cc1Br)[C@H](O)[C@@](CN1CCCCC1)(N1CCCCC1)CO2. The highest BCUT2D eigenvalue weighted by Crippen LogP contribution is 2.44. The predicted octanol–water partition coefficient (Wildman–Crippen LogP) is 3.89. The molecule has 2 saturated heterocycles. The molecule has 0 spiro atoms. The van der Waals surface area contributed by atoms with E-state index in [2.05, 4.69) is 44.8 Å². The van der Waals surface area contributed by atoms with E-state index in [9.17, 15) is 5.11 Å². The number of aryl methyl sites for hydroxylation is 1. The molecule has 0 amide bonds. The molecule has 5 heteroatoms. The van der Waals surface area contributed by atoms with Crippen LogP contribution in [-0.4, -0.2) is 59.8 Å². The van der Waals surface area contributed by atoms with Gasteiger partial charge in [-0.15, -0.1) is 0 Å². The van der Waals surface area contributed by atoms with Gasteiger partial charge in [-0.25, -0.2) is 0 Å². The Balaban J connectivity index is 1.68. The molecular formula is C21H31BrN2O2. The Morgan fingerprint density at radius 2 is 1.73 bits per heavy atom. The summed E-state index contributed by atoms with van der Waals surface area (Å²) in [6, 6.07) is 4.13. The number of piperidine rings is 2. The number of fused-ring (bicyclic) bond motifs is 1. The molecule has 26 heavy (non-hydrogen) atoms. The van der Waals surface area contributed by atoms with E-state index in [-0.39, 0.29) is 5.54 Å². The lowest BCUT2D eigenvalue weighted by atomic mass is 9.81. The Morgan fingerprint density at radius 1 is 1.08 bits per heavy atom. The maximum absolute atomic E-state index is 11.6. The van der Waals surface area contributed by atoms with Crippen molar-refractivity contribution in [2.24, 2.45) is 0 Å². The van der Waals surface area contributed by atoms with Crippen molar-refractivity contribution in [3.8, 4) is 5.75 Å². The van der Waals surface area contributed by atoms with Crippen LogP contribution in [0.25, 0.3) is 0 Å². The van der Waals surface area contributed by atoms with Crippen molar-refractivity contribution < 1.29 is 9.84 Å². The fourth-order valence-corrected chi connectivity index (χ4v) is 5.28. The van der Waals surface area contributed by atoms with Crippen LogP contribution in [0.4, 0.5) is 0 Å². The van der Waals surface area contributed by atoms with Gasteiger partial charge < -0.3 is 14.7 Å². The van der Waals surface area contributed by atoms with Crippen LogP contribution in [0.3, 0.4) is 0 Å². The van der Waals surface area contributed by atoms with Crippen LogP contribution in [-0.2, 0) is 0 Å². The highest BCUT2D eigenvalue weighted by molar-refractivity contribution is 9.10. The Kier molecular flexibility index (Phi) is 5.61. The van der Waals surface area contributed by atoms with E-state index in [1.807, 2.05) is 0 Å². The number of hydrogen-bond donors (Lipinski definition) is 1. The minimum atomic E-state index is -0.511. The first-order valence-electron chi connectivity index (χ1n) is 10.2. The first-order valence-corrected chi connectivity index (χ1v) is 11.0. The van der Waals surface area contributed by atoms with E-state index in [4.69, 9.17) is 4.74 Å². The highest BCUT2D eigenvalue weighted by atomic mass is 79.9. The molecule has 0 unspecified atom stereocenters. The van der Waals surface area contributed by atoms with Crippen LogP contribution in [0.2, 0.25) is 0 Å². The molecule has 3 aliphatic rings. The van der Waals surface area contributed by atoms with Crippen LogP contribution in [0.15, 0.2) is 16.6 Å². The van der Waals surface area contributed by atoms with E-state index in [1.165, 1.54) is 38.5 Å². The fourth-order valence-electron chi connectivity index (χ4n) is 4.92. The molecule has 0 radical (unpaired) electrons. The number of hydrogen-bond acceptors (Lipinski definition) is 4. The molecule has 1 N–H and O–H groups in total. The normalized spacial score (nSPS) is 30.7. The number of ether oxygens (including phenoxy) is 1. The predicted molar refractivity (Wildman–Crippen MR) is 108 cm³/mol. The third-order valence-electron chi connectivity index (χ3n) is 6.50. The monoisotopic (exact) mass is 422 g/mol. The zero-order valence-electron chi connectivity index (χ0n) is 15.8. The maximum Gasteiger partial charge on any atom is 0.125 e. The molecule has 4 rings (SSSR count). The van der Waals surface area contributed by atoms with Crippen molar-refractivity contribution in [2.45, 2.75) is 57.1 Å². The maximum atomic E-state index is 11.6. The van der Waals surface area contributed by atoms with Crippen molar-refractivity contribution in [3.05, 3.63) is 27.7 Å². The lowest BCUT2D eigenvalue weighted by Crippen LogP contribution is -2.65. The van der Waals surface area contributed by atoms with E-state index in [0.717, 1.165) is 54.1 Å². The minimum Gasteiger partial charge on any atom is -0.491 e. The second kappa shape index (κ2) is 7.78. The van der Waals surface area contributed by atoms with Gasteiger partial charge in [0.1, 0.15) is 18.5 Å². The Labute approximate surface area is 165 Å². The zero-order chi connectivity index (χ0) is 18.1. The van der Waals surface area contributed by atoms with E-state index >= 15 is 0 Å². The summed E-state index contributed by atoms with van der Waals surface area (Å²) >= 11 is 3.64. The first-order chi connectivity index (χ1) is 12.6. The van der Waals surface area contributed by atoms with Gasteiger partial charge in [-0.1, -0.05) is 28.8 Å². The van der Waals surface area contributed by atoms with Crippen LogP contribution in [0.5, 0.6) is 5.75 Å². The largest absolute Gasteiger partial charge is 0.491 e. The molecule has 144 valence electrons. The Bertz CT molecular complexity index is 641. The van der Waals surface area contributed by atoms with Crippen molar-refractivity contribution in [1.29, 1.82) is 0 Å². The van der Waals surface area contributed by atoms with Gasteiger partial charge in [-0.3, -0.25) is 4.90 Å². The number of aliphatic hydroxyl groups excluding tert-OH is 1. The second-order valence-electron chi connectivity index (χ2n) is 8.32. The van der Waals surface area contributed by atoms with Crippen molar-refractivity contribution in [2.75, 3.05) is 39.3 Å². The summed E-state index contributed by atoms with van der Waals surface area (Å²) in [5, 5.41) is 11.6. The standard InChI is InChI=1S/C21H31BrN2O2/c1-16-12-19-17(13-18(16)22)20(25)21(15-26-19,24-10-6-3-7-11-24)14-23-8-4-2-5-9-23/h12-13,20,25H,2-11,14-15H2,1H3/t20-,21-/m0/s1. The molecule has 0 saturated carbocycles. The molecule has 3 heterocycles. The highest BCUT2D eigenvalue weighted by Gasteiger charge is 2.49. The summed E-state index contributed by atoms with van der Waals surface area (Å²) in [5.74, 6) is 0.851. The van der Waals surface area contributed by atoms with Crippen LogP contribution >= 0.6 is 15.9 Å². The molecule has 3 aliphatic heterocycles. The molecule has 2 fully saturated rings. The average molecular weight is 423 g/mol.